The molecule has 0 radical (unpaired) electrons. The number of hydrogen-bond donors (Lipinski definition) is 4. The summed E-state index contributed by atoms with van der Waals surface area (Å²) in [6, 6.07) is -1.06. The summed E-state index contributed by atoms with van der Waals surface area (Å²) >= 11 is 0. The van der Waals surface area contributed by atoms with Crippen molar-refractivity contribution in [2.75, 3.05) is 6.54 Å². The maximum Gasteiger partial charge on any atom is 0.326 e. The molecule has 0 saturated heterocycles. The molecule has 1 atom stereocenters. The van der Waals surface area contributed by atoms with E-state index in [0.29, 0.717) is 18.8 Å². The van der Waals surface area contributed by atoms with Gasteiger partial charge in [0, 0.05) is 37.6 Å². The van der Waals surface area contributed by atoms with Gasteiger partial charge in [-0.15, -0.1) is 0 Å². The van der Waals surface area contributed by atoms with Crippen molar-refractivity contribution < 1.29 is 14.7 Å². The molecule has 1 amide bonds. The average Bonchev–Trinajstić information content (AvgIpc) is 3.09. The fourth-order valence-corrected chi connectivity index (χ4v) is 1.80. The number of aromatic nitrogens is 4. The molecule has 2 heterocycles. The first-order valence-corrected chi connectivity index (χ1v) is 6.33. The van der Waals surface area contributed by atoms with Crippen molar-refractivity contribution in [2.45, 2.75) is 19.0 Å². The van der Waals surface area contributed by atoms with Crippen molar-refractivity contribution >= 4 is 11.9 Å². The third-order valence-electron chi connectivity index (χ3n) is 2.84. The van der Waals surface area contributed by atoms with Crippen LogP contribution in [0.2, 0.25) is 0 Å². The van der Waals surface area contributed by atoms with Gasteiger partial charge in [0.1, 0.15) is 11.7 Å². The van der Waals surface area contributed by atoms with Crippen LogP contribution in [0.1, 0.15) is 16.2 Å². The summed E-state index contributed by atoms with van der Waals surface area (Å²) in [7, 11) is 0. The number of H-pyrrole nitrogens is 1. The number of carboxylic acids is 1. The molecular weight excluding hydrogens is 276 g/mol. The predicted octanol–water partition coefficient (Wildman–Crippen LogP) is -1.01. The van der Waals surface area contributed by atoms with Gasteiger partial charge in [-0.3, -0.25) is 4.79 Å². The molecule has 2 aromatic heterocycles. The maximum absolute atomic E-state index is 12.0. The number of carbonyl (C=O) groups is 2. The smallest absolute Gasteiger partial charge is 0.326 e. The highest BCUT2D eigenvalue weighted by atomic mass is 16.4. The largest absolute Gasteiger partial charge is 0.480 e. The van der Waals surface area contributed by atoms with Gasteiger partial charge in [-0.2, -0.15) is 0 Å². The quantitative estimate of drug-likeness (QED) is 0.515. The van der Waals surface area contributed by atoms with E-state index in [-0.39, 0.29) is 12.1 Å². The predicted molar refractivity (Wildman–Crippen MR) is 72.5 cm³/mol. The van der Waals surface area contributed by atoms with Crippen molar-refractivity contribution in [3.05, 3.63) is 36.4 Å². The monoisotopic (exact) mass is 292 g/mol. The number of carboxylic acid groups (broad SMARTS) is 1. The molecule has 2 rings (SSSR count). The van der Waals surface area contributed by atoms with Crippen LogP contribution in [0.4, 0.5) is 0 Å². The Bertz CT molecular complexity index is 606. The molecule has 0 unspecified atom stereocenters. The molecule has 5 N–H and O–H groups in total. The van der Waals surface area contributed by atoms with E-state index in [1.807, 2.05) is 0 Å². The number of nitrogens with two attached hydrogens (primary N) is 1. The van der Waals surface area contributed by atoms with Crippen LogP contribution in [0.25, 0.3) is 0 Å². The molecule has 0 spiro atoms. The second-order valence-corrected chi connectivity index (χ2v) is 4.43. The van der Waals surface area contributed by atoms with Crippen LogP contribution in [0.15, 0.2) is 25.0 Å². The van der Waals surface area contributed by atoms with Crippen LogP contribution < -0.4 is 11.1 Å². The number of carbonyl (C=O) groups excluding carboxylic acids is 1. The number of rotatable bonds is 7. The van der Waals surface area contributed by atoms with E-state index in [2.05, 4.69) is 20.3 Å². The van der Waals surface area contributed by atoms with Crippen molar-refractivity contribution in [2.24, 2.45) is 5.73 Å². The molecule has 0 aromatic carbocycles. The molecule has 9 heteroatoms. The SMILES string of the molecule is NCCn1cnc(C(=O)N[C@@H](Cc2cnc[nH]2)C(=O)O)c1. The molecule has 0 fully saturated rings. The van der Waals surface area contributed by atoms with Gasteiger partial charge in [-0.05, 0) is 0 Å². The van der Waals surface area contributed by atoms with E-state index < -0.39 is 17.9 Å². The number of aliphatic carboxylic acids is 1. The number of nitrogens with zero attached hydrogens (tertiary/aromatic N) is 3. The zero-order valence-electron chi connectivity index (χ0n) is 11.2. The van der Waals surface area contributed by atoms with Gasteiger partial charge >= 0.3 is 5.97 Å². The van der Waals surface area contributed by atoms with Gasteiger partial charge in [0.15, 0.2) is 0 Å². The lowest BCUT2D eigenvalue weighted by Gasteiger charge is -2.12. The van der Waals surface area contributed by atoms with Crippen LogP contribution in [-0.2, 0) is 17.8 Å². The van der Waals surface area contributed by atoms with Crippen LogP contribution in [0, 0.1) is 0 Å². The Morgan fingerprint density at radius 2 is 2.33 bits per heavy atom. The first kappa shape index (κ1) is 14.7. The fraction of sp³-hybridized carbons (Fsp3) is 0.333. The number of amides is 1. The second-order valence-electron chi connectivity index (χ2n) is 4.43. The molecular formula is C12H16N6O3. The zero-order chi connectivity index (χ0) is 15.2. The lowest BCUT2D eigenvalue weighted by Crippen LogP contribution is -2.42. The minimum atomic E-state index is -1.13. The Hall–Kier alpha value is -2.68. The van der Waals surface area contributed by atoms with Gasteiger partial charge in [0.25, 0.3) is 5.91 Å². The molecule has 0 aliphatic heterocycles. The summed E-state index contributed by atoms with van der Waals surface area (Å²) in [5.41, 5.74) is 6.18. The summed E-state index contributed by atoms with van der Waals surface area (Å²) in [5, 5.41) is 11.6. The standard InChI is InChI=1S/C12H16N6O3/c13-1-2-18-5-10(16-7-18)11(19)17-9(12(20)21)3-8-4-14-6-15-8/h4-7,9H,1-3,13H2,(H,14,15)(H,17,19)(H,20,21)/t9-/m0/s1. The molecule has 0 bridgehead atoms. The van der Waals surface area contributed by atoms with Crippen LogP contribution in [0.5, 0.6) is 0 Å². The molecule has 21 heavy (non-hydrogen) atoms. The van der Waals surface area contributed by atoms with Crippen LogP contribution >= 0.6 is 0 Å². The normalized spacial score (nSPS) is 12.0. The molecule has 0 aliphatic rings. The van der Waals surface area contributed by atoms with Gasteiger partial charge in [-0.25, -0.2) is 14.8 Å². The Labute approximate surface area is 120 Å². The highest BCUT2D eigenvalue weighted by Crippen LogP contribution is 2.02. The zero-order valence-corrected chi connectivity index (χ0v) is 11.2. The Morgan fingerprint density at radius 3 is 2.95 bits per heavy atom. The van der Waals surface area contributed by atoms with E-state index in [1.54, 1.807) is 4.57 Å². The lowest BCUT2D eigenvalue weighted by molar-refractivity contribution is -0.139. The Balaban J connectivity index is 2.01. The topological polar surface area (TPSA) is 139 Å². The number of nitrogens with one attached hydrogen (secondary N) is 2. The molecule has 0 saturated carbocycles. The molecule has 2 aromatic rings. The highest BCUT2D eigenvalue weighted by Gasteiger charge is 2.22. The fourth-order valence-electron chi connectivity index (χ4n) is 1.80. The number of hydrogen-bond acceptors (Lipinski definition) is 5. The van der Waals surface area contributed by atoms with Crippen molar-refractivity contribution in [3.63, 3.8) is 0 Å². The Kier molecular flexibility index (Phi) is 4.67. The summed E-state index contributed by atoms with van der Waals surface area (Å²) in [4.78, 5) is 33.7. The van der Waals surface area contributed by atoms with E-state index in [1.165, 1.54) is 25.0 Å². The van der Waals surface area contributed by atoms with Gasteiger partial charge < -0.3 is 25.7 Å². The average molecular weight is 292 g/mol. The van der Waals surface area contributed by atoms with Crippen LogP contribution in [-0.4, -0.2) is 49.1 Å². The van der Waals surface area contributed by atoms with E-state index in [4.69, 9.17) is 10.8 Å². The van der Waals surface area contributed by atoms with E-state index >= 15 is 0 Å². The third kappa shape index (κ3) is 3.89. The minimum Gasteiger partial charge on any atom is -0.480 e. The third-order valence-corrected chi connectivity index (χ3v) is 2.84. The van der Waals surface area contributed by atoms with Crippen molar-refractivity contribution in [1.29, 1.82) is 0 Å². The van der Waals surface area contributed by atoms with Crippen LogP contribution in [0.3, 0.4) is 0 Å². The number of aromatic amines is 1. The van der Waals surface area contributed by atoms with Crippen molar-refractivity contribution in [1.82, 2.24) is 24.8 Å². The molecule has 0 aliphatic carbocycles. The van der Waals surface area contributed by atoms with E-state index in [9.17, 15) is 9.59 Å². The second kappa shape index (κ2) is 6.66. The summed E-state index contributed by atoms with van der Waals surface area (Å²) in [5.74, 6) is -1.67. The van der Waals surface area contributed by atoms with Gasteiger partial charge in [0.05, 0.1) is 12.7 Å². The first-order valence-electron chi connectivity index (χ1n) is 6.33. The van der Waals surface area contributed by atoms with Gasteiger partial charge in [0.2, 0.25) is 0 Å². The summed E-state index contributed by atoms with van der Waals surface area (Å²) in [6.45, 7) is 0.964. The van der Waals surface area contributed by atoms with Crippen molar-refractivity contribution in [3.8, 4) is 0 Å². The maximum atomic E-state index is 12.0. The van der Waals surface area contributed by atoms with E-state index in [0.717, 1.165) is 0 Å². The highest BCUT2D eigenvalue weighted by molar-refractivity contribution is 5.94. The molecule has 9 nitrogen and oxygen atoms in total. The first-order chi connectivity index (χ1) is 10.1. The Morgan fingerprint density at radius 1 is 1.52 bits per heavy atom. The number of imidazole rings is 2. The molecule has 112 valence electrons. The lowest BCUT2D eigenvalue weighted by atomic mass is 10.1. The van der Waals surface area contributed by atoms with Gasteiger partial charge in [-0.1, -0.05) is 0 Å². The minimum absolute atomic E-state index is 0.116. The summed E-state index contributed by atoms with van der Waals surface area (Å²) < 4.78 is 1.67. The summed E-state index contributed by atoms with van der Waals surface area (Å²) in [6.07, 6.45) is 6.08.